The first-order valence-corrected chi connectivity index (χ1v) is 8.95. The first kappa shape index (κ1) is 17.7. The topological polar surface area (TPSA) is 58.4 Å². The van der Waals surface area contributed by atoms with Crippen molar-refractivity contribution in [2.75, 3.05) is 13.1 Å². The molecule has 0 aliphatic carbocycles. The van der Waals surface area contributed by atoms with Gasteiger partial charge in [-0.1, -0.05) is 18.2 Å². The van der Waals surface area contributed by atoms with Crippen molar-refractivity contribution >= 4 is 5.91 Å². The first-order valence-electron chi connectivity index (χ1n) is 8.95. The Morgan fingerprint density at radius 2 is 2.08 bits per heavy atom. The van der Waals surface area contributed by atoms with Crippen LogP contribution in [0.2, 0.25) is 0 Å². The number of hydrogen-bond acceptors (Lipinski definition) is 4. The molecule has 1 saturated heterocycles. The number of benzene rings is 1. The smallest absolute Gasteiger partial charge is 0.226 e. The number of carbonyl (C=O) groups excluding carboxylic acids is 1. The Balaban J connectivity index is 1.60. The maximum absolute atomic E-state index is 12.4. The largest absolute Gasteiger partial charge is 0.444 e. The molecule has 0 unspecified atom stereocenters. The molecular weight excluding hydrogens is 314 g/mol. The zero-order valence-corrected chi connectivity index (χ0v) is 15.3. The predicted octanol–water partition coefficient (Wildman–Crippen LogP) is 3.47. The Morgan fingerprint density at radius 3 is 2.80 bits per heavy atom. The highest BCUT2D eigenvalue weighted by molar-refractivity contribution is 5.79. The molecule has 0 radical (unpaired) electrons. The molecule has 3 rings (SSSR count). The van der Waals surface area contributed by atoms with E-state index in [1.54, 1.807) is 6.26 Å². The SMILES string of the molecule is CC(C)(C)NC(=O)[C@@H]1CCCN(Cc2coc(-c3ccccc3)n2)C1. The van der Waals surface area contributed by atoms with Gasteiger partial charge in [0.1, 0.15) is 6.26 Å². The fourth-order valence-electron chi connectivity index (χ4n) is 3.21. The molecule has 5 nitrogen and oxygen atoms in total. The number of likely N-dealkylation sites (tertiary alicyclic amines) is 1. The lowest BCUT2D eigenvalue weighted by atomic mass is 9.95. The number of piperidine rings is 1. The van der Waals surface area contributed by atoms with Crippen molar-refractivity contribution < 1.29 is 9.21 Å². The maximum Gasteiger partial charge on any atom is 0.226 e. The van der Waals surface area contributed by atoms with E-state index in [1.165, 1.54) is 0 Å². The van der Waals surface area contributed by atoms with Crippen LogP contribution in [0, 0.1) is 5.92 Å². The van der Waals surface area contributed by atoms with Gasteiger partial charge in [-0.2, -0.15) is 0 Å². The summed E-state index contributed by atoms with van der Waals surface area (Å²) in [7, 11) is 0. The van der Waals surface area contributed by atoms with Gasteiger partial charge in [0.05, 0.1) is 11.6 Å². The molecule has 1 aromatic carbocycles. The van der Waals surface area contributed by atoms with E-state index in [2.05, 4.69) is 15.2 Å². The van der Waals surface area contributed by atoms with Crippen molar-refractivity contribution in [3.8, 4) is 11.5 Å². The fourth-order valence-corrected chi connectivity index (χ4v) is 3.21. The second kappa shape index (κ2) is 7.40. The molecule has 1 aromatic heterocycles. The zero-order chi connectivity index (χ0) is 17.9. The highest BCUT2D eigenvalue weighted by Crippen LogP contribution is 2.22. The van der Waals surface area contributed by atoms with Crippen LogP contribution >= 0.6 is 0 Å². The quantitative estimate of drug-likeness (QED) is 0.925. The summed E-state index contributed by atoms with van der Waals surface area (Å²) in [6.45, 7) is 8.54. The minimum Gasteiger partial charge on any atom is -0.444 e. The molecule has 2 heterocycles. The molecule has 1 atom stereocenters. The summed E-state index contributed by atoms with van der Waals surface area (Å²) in [5.41, 5.74) is 1.71. The van der Waals surface area contributed by atoms with Crippen LogP contribution in [0.3, 0.4) is 0 Å². The number of oxazole rings is 1. The van der Waals surface area contributed by atoms with Crippen molar-refractivity contribution in [3.05, 3.63) is 42.3 Å². The lowest BCUT2D eigenvalue weighted by Crippen LogP contribution is -2.48. The second-order valence-corrected chi connectivity index (χ2v) is 7.82. The van der Waals surface area contributed by atoms with E-state index in [9.17, 15) is 4.79 Å². The molecule has 1 fully saturated rings. The summed E-state index contributed by atoms with van der Waals surface area (Å²) in [5, 5.41) is 3.10. The van der Waals surface area contributed by atoms with Crippen molar-refractivity contribution in [2.24, 2.45) is 5.92 Å². The summed E-state index contributed by atoms with van der Waals surface area (Å²) < 4.78 is 5.62. The Kier molecular flexibility index (Phi) is 5.23. The van der Waals surface area contributed by atoms with Crippen LogP contribution in [0.1, 0.15) is 39.3 Å². The monoisotopic (exact) mass is 341 g/mol. The molecule has 1 aliphatic heterocycles. The molecule has 0 spiro atoms. The summed E-state index contributed by atoms with van der Waals surface area (Å²) in [6, 6.07) is 9.90. The molecule has 1 amide bonds. The van der Waals surface area contributed by atoms with Gasteiger partial charge in [0.15, 0.2) is 0 Å². The Hall–Kier alpha value is -2.14. The average Bonchev–Trinajstić information content (AvgIpc) is 3.03. The summed E-state index contributed by atoms with van der Waals surface area (Å²) in [4.78, 5) is 19.3. The van der Waals surface area contributed by atoms with E-state index >= 15 is 0 Å². The number of hydrogen-bond donors (Lipinski definition) is 1. The fraction of sp³-hybridized carbons (Fsp3) is 0.500. The van der Waals surface area contributed by atoms with Crippen LogP contribution in [0.15, 0.2) is 41.0 Å². The highest BCUT2D eigenvalue weighted by Gasteiger charge is 2.28. The van der Waals surface area contributed by atoms with E-state index in [-0.39, 0.29) is 17.4 Å². The van der Waals surface area contributed by atoms with E-state index in [0.717, 1.165) is 43.7 Å². The van der Waals surface area contributed by atoms with Gasteiger partial charge in [-0.25, -0.2) is 4.98 Å². The minimum absolute atomic E-state index is 0.0495. The van der Waals surface area contributed by atoms with Gasteiger partial charge in [0.25, 0.3) is 0 Å². The number of amides is 1. The number of carbonyl (C=O) groups is 1. The summed E-state index contributed by atoms with van der Waals surface area (Å²) in [5.74, 6) is 0.852. The van der Waals surface area contributed by atoms with E-state index in [0.29, 0.717) is 5.89 Å². The van der Waals surface area contributed by atoms with E-state index in [1.807, 2.05) is 51.1 Å². The lowest BCUT2D eigenvalue weighted by molar-refractivity contribution is -0.128. The van der Waals surface area contributed by atoms with Gasteiger partial charge < -0.3 is 9.73 Å². The summed E-state index contributed by atoms with van der Waals surface area (Å²) in [6.07, 6.45) is 3.71. The van der Waals surface area contributed by atoms with Crippen molar-refractivity contribution in [1.82, 2.24) is 15.2 Å². The van der Waals surface area contributed by atoms with Crippen molar-refractivity contribution in [3.63, 3.8) is 0 Å². The van der Waals surface area contributed by atoms with Crippen LogP contribution in [-0.2, 0) is 11.3 Å². The molecule has 25 heavy (non-hydrogen) atoms. The Morgan fingerprint density at radius 1 is 1.32 bits per heavy atom. The van der Waals surface area contributed by atoms with Crippen LogP contribution in [0.25, 0.3) is 11.5 Å². The summed E-state index contributed by atoms with van der Waals surface area (Å²) >= 11 is 0. The van der Waals surface area contributed by atoms with Gasteiger partial charge in [-0.15, -0.1) is 0 Å². The first-order chi connectivity index (χ1) is 11.9. The number of nitrogens with zero attached hydrogens (tertiary/aromatic N) is 2. The third-order valence-corrected chi connectivity index (χ3v) is 4.33. The van der Waals surface area contributed by atoms with Crippen LogP contribution in [-0.4, -0.2) is 34.4 Å². The number of aromatic nitrogens is 1. The van der Waals surface area contributed by atoms with Crippen molar-refractivity contribution in [2.45, 2.75) is 45.7 Å². The van der Waals surface area contributed by atoms with E-state index < -0.39 is 0 Å². The number of nitrogens with one attached hydrogen (secondary N) is 1. The van der Waals surface area contributed by atoms with Crippen LogP contribution < -0.4 is 5.32 Å². The second-order valence-electron chi connectivity index (χ2n) is 7.82. The molecule has 1 N–H and O–H groups in total. The molecule has 134 valence electrons. The minimum atomic E-state index is -0.184. The van der Waals surface area contributed by atoms with Crippen molar-refractivity contribution in [1.29, 1.82) is 0 Å². The molecule has 0 saturated carbocycles. The normalized spacial score (nSPS) is 18.9. The number of rotatable bonds is 4. The standard InChI is InChI=1S/C20H27N3O2/c1-20(2,3)22-18(24)16-10-7-11-23(12-16)13-17-14-25-19(21-17)15-8-5-4-6-9-15/h4-6,8-9,14,16H,7,10-13H2,1-3H3,(H,22,24)/t16-/m1/s1. The molecular formula is C20H27N3O2. The van der Waals surface area contributed by atoms with Gasteiger partial charge >= 0.3 is 0 Å². The average molecular weight is 341 g/mol. The predicted molar refractivity (Wildman–Crippen MR) is 97.8 cm³/mol. The highest BCUT2D eigenvalue weighted by atomic mass is 16.3. The van der Waals surface area contributed by atoms with Crippen LogP contribution in [0.4, 0.5) is 0 Å². The Labute approximate surface area is 149 Å². The van der Waals surface area contributed by atoms with E-state index in [4.69, 9.17) is 4.42 Å². The van der Waals surface area contributed by atoms with Gasteiger partial charge in [-0.3, -0.25) is 9.69 Å². The van der Waals surface area contributed by atoms with Crippen LogP contribution in [0.5, 0.6) is 0 Å². The Bertz CT molecular complexity index is 703. The zero-order valence-electron chi connectivity index (χ0n) is 15.3. The third-order valence-electron chi connectivity index (χ3n) is 4.33. The molecule has 0 bridgehead atoms. The molecule has 5 heteroatoms. The third kappa shape index (κ3) is 4.92. The van der Waals surface area contributed by atoms with Gasteiger partial charge in [0.2, 0.25) is 11.8 Å². The molecule has 1 aliphatic rings. The molecule has 2 aromatic rings. The van der Waals surface area contributed by atoms with Gasteiger partial charge in [0, 0.05) is 24.2 Å². The van der Waals surface area contributed by atoms with Gasteiger partial charge in [-0.05, 0) is 52.3 Å². The maximum atomic E-state index is 12.4. The lowest BCUT2D eigenvalue weighted by Gasteiger charge is -2.33.